The second kappa shape index (κ2) is 4.69. The largest absolute Gasteiger partial charge is 0.493 e. The number of ketones is 1. The molecule has 0 aromatic heterocycles. The molecule has 1 aromatic carbocycles. The van der Waals surface area contributed by atoms with Crippen molar-refractivity contribution in [3.8, 4) is 5.75 Å². The van der Waals surface area contributed by atoms with Crippen LogP contribution in [0.2, 0.25) is 0 Å². The van der Waals surface area contributed by atoms with Crippen LogP contribution in [0, 0.1) is 11.8 Å². The highest BCUT2D eigenvalue weighted by atomic mass is 79.9. The summed E-state index contributed by atoms with van der Waals surface area (Å²) in [4.78, 5) is 12.2. The van der Waals surface area contributed by atoms with E-state index in [2.05, 4.69) is 28.9 Å². The number of benzene rings is 1. The van der Waals surface area contributed by atoms with Gasteiger partial charge in [0.25, 0.3) is 0 Å². The Morgan fingerprint density at radius 2 is 2.28 bits per heavy atom. The molecule has 0 bridgehead atoms. The quantitative estimate of drug-likeness (QED) is 0.850. The number of hydrogen-bond acceptors (Lipinski definition) is 2. The summed E-state index contributed by atoms with van der Waals surface area (Å²) in [6.07, 6.45) is 3.91. The van der Waals surface area contributed by atoms with Crippen LogP contribution in [0.3, 0.4) is 0 Å². The minimum atomic E-state index is 0.209. The fourth-order valence-corrected chi connectivity index (χ4v) is 3.24. The molecule has 0 amide bonds. The average Bonchev–Trinajstić information content (AvgIpc) is 3.07. The van der Waals surface area contributed by atoms with Gasteiger partial charge in [-0.25, -0.2) is 0 Å². The van der Waals surface area contributed by atoms with Gasteiger partial charge in [0.2, 0.25) is 0 Å². The molecule has 3 heteroatoms. The molecule has 0 spiro atoms. The lowest BCUT2D eigenvalue weighted by Crippen LogP contribution is -2.15. The number of carbonyl (C=O) groups excluding carboxylic acids is 1. The molecular formula is C15H17BrO2. The lowest BCUT2D eigenvalue weighted by molar-refractivity contribution is -0.122. The van der Waals surface area contributed by atoms with Crippen LogP contribution in [-0.4, -0.2) is 12.4 Å². The Hall–Kier alpha value is -0.830. The highest BCUT2D eigenvalue weighted by Gasteiger charge is 2.33. The highest BCUT2D eigenvalue weighted by Crippen LogP contribution is 2.39. The van der Waals surface area contributed by atoms with Crippen LogP contribution in [0.1, 0.15) is 30.9 Å². The van der Waals surface area contributed by atoms with Crippen molar-refractivity contribution in [2.75, 3.05) is 6.61 Å². The Morgan fingerprint density at radius 1 is 1.50 bits per heavy atom. The van der Waals surface area contributed by atoms with Crippen LogP contribution >= 0.6 is 15.9 Å². The van der Waals surface area contributed by atoms with Crippen LogP contribution in [0.15, 0.2) is 16.6 Å². The number of carbonyl (C=O) groups is 1. The third-order valence-corrected chi connectivity index (χ3v) is 4.48. The molecule has 96 valence electrons. The molecule has 0 radical (unpaired) electrons. The van der Waals surface area contributed by atoms with Gasteiger partial charge >= 0.3 is 0 Å². The van der Waals surface area contributed by atoms with Crippen LogP contribution in [0.4, 0.5) is 0 Å². The summed E-state index contributed by atoms with van der Waals surface area (Å²) < 4.78 is 6.72. The molecular weight excluding hydrogens is 292 g/mol. The van der Waals surface area contributed by atoms with Gasteiger partial charge in [0, 0.05) is 28.8 Å². The van der Waals surface area contributed by atoms with Crippen molar-refractivity contribution >= 4 is 21.7 Å². The van der Waals surface area contributed by atoms with Gasteiger partial charge in [-0.3, -0.25) is 4.79 Å². The van der Waals surface area contributed by atoms with E-state index in [-0.39, 0.29) is 5.92 Å². The first kappa shape index (κ1) is 12.2. The van der Waals surface area contributed by atoms with Crippen LogP contribution in [0.5, 0.6) is 5.75 Å². The SMILES string of the molecule is CC(C(=O)Cc1cc(Br)cc2c1OCC2)C1CC1. The normalized spacial score (nSPS) is 19.2. The van der Waals surface area contributed by atoms with Gasteiger partial charge in [-0.2, -0.15) is 0 Å². The van der Waals surface area contributed by atoms with E-state index >= 15 is 0 Å². The maximum atomic E-state index is 12.2. The molecule has 1 fully saturated rings. The number of rotatable bonds is 4. The van der Waals surface area contributed by atoms with E-state index in [9.17, 15) is 4.79 Å². The maximum Gasteiger partial charge on any atom is 0.140 e. The second-order valence-corrected chi connectivity index (χ2v) is 6.34. The van der Waals surface area contributed by atoms with Crippen LogP contribution in [-0.2, 0) is 17.6 Å². The van der Waals surface area contributed by atoms with Gasteiger partial charge in [0.1, 0.15) is 11.5 Å². The lowest BCUT2D eigenvalue weighted by atomic mass is 9.94. The Balaban J connectivity index is 1.81. The first-order valence-electron chi connectivity index (χ1n) is 6.62. The van der Waals surface area contributed by atoms with E-state index < -0.39 is 0 Å². The van der Waals surface area contributed by atoms with Crippen molar-refractivity contribution in [1.82, 2.24) is 0 Å². The summed E-state index contributed by atoms with van der Waals surface area (Å²) in [7, 11) is 0. The minimum Gasteiger partial charge on any atom is -0.493 e. The van der Waals surface area contributed by atoms with Gasteiger partial charge in [0.05, 0.1) is 6.61 Å². The molecule has 1 saturated carbocycles. The molecule has 2 nitrogen and oxygen atoms in total. The van der Waals surface area contributed by atoms with E-state index in [0.29, 0.717) is 18.1 Å². The third kappa shape index (κ3) is 2.33. The molecule has 1 unspecified atom stereocenters. The Bertz CT molecular complexity index is 492. The average molecular weight is 309 g/mol. The summed E-state index contributed by atoms with van der Waals surface area (Å²) in [6.45, 7) is 2.81. The predicted octanol–water partition coefficient (Wildman–Crippen LogP) is 3.54. The van der Waals surface area contributed by atoms with Crippen molar-refractivity contribution < 1.29 is 9.53 Å². The fraction of sp³-hybridized carbons (Fsp3) is 0.533. The standard InChI is InChI=1S/C15H17BrO2/c1-9(10-2-3-10)14(17)8-12-7-13(16)6-11-4-5-18-15(11)12/h6-7,9-10H,2-5,8H2,1H3. The summed E-state index contributed by atoms with van der Waals surface area (Å²) in [6, 6.07) is 4.13. The Kier molecular flexibility index (Phi) is 3.18. The number of hydrogen-bond donors (Lipinski definition) is 0. The van der Waals surface area contributed by atoms with E-state index in [1.54, 1.807) is 0 Å². The van der Waals surface area contributed by atoms with Crippen LogP contribution in [0.25, 0.3) is 0 Å². The molecule has 1 aliphatic carbocycles. The topological polar surface area (TPSA) is 26.3 Å². The molecule has 18 heavy (non-hydrogen) atoms. The van der Waals surface area contributed by atoms with Crippen molar-refractivity contribution in [3.05, 3.63) is 27.7 Å². The molecule has 1 aliphatic heterocycles. The minimum absolute atomic E-state index is 0.209. The van der Waals surface area contributed by atoms with Crippen molar-refractivity contribution in [2.24, 2.45) is 11.8 Å². The molecule has 0 N–H and O–H groups in total. The second-order valence-electron chi connectivity index (χ2n) is 5.42. The van der Waals surface area contributed by atoms with E-state index in [0.717, 1.165) is 28.8 Å². The summed E-state index contributed by atoms with van der Waals surface area (Å²) in [5, 5.41) is 0. The Labute approximate surface area is 116 Å². The predicted molar refractivity (Wildman–Crippen MR) is 73.9 cm³/mol. The number of ether oxygens (including phenoxy) is 1. The van der Waals surface area contributed by atoms with Crippen molar-refractivity contribution in [3.63, 3.8) is 0 Å². The first-order chi connectivity index (χ1) is 8.65. The lowest BCUT2D eigenvalue weighted by Gasteiger charge is -2.12. The first-order valence-corrected chi connectivity index (χ1v) is 7.41. The van der Waals surface area contributed by atoms with Crippen molar-refractivity contribution in [1.29, 1.82) is 0 Å². The summed E-state index contributed by atoms with van der Waals surface area (Å²) in [5.41, 5.74) is 2.28. The van der Waals surface area contributed by atoms with Crippen molar-refractivity contribution in [2.45, 2.75) is 32.6 Å². The zero-order valence-corrected chi connectivity index (χ0v) is 12.1. The Morgan fingerprint density at radius 3 is 3.00 bits per heavy atom. The monoisotopic (exact) mass is 308 g/mol. The summed E-state index contributed by atoms with van der Waals surface area (Å²) in [5.74, 6) is 2.16. The molecule has 1 atom stereocenters. The molecule has 1 aromatic rings. The van der Waals surface area contributed by atoms with E-state index in [1.807, 2.05) is 6.07 Å². The molecule has 2 aliphatic rings. The van der Waals surface area contributed by atoms with Crippen LogP contribution < -0.4 is 4.74 Å². The molecule has 0 saturated heterocycles. The fourth-order valence-electron chi connectivity index (χ4n) is 2.69. The third-order valence-electron chi connectivity index (χ3n) is 4.03. The number of halogens is 1. The van der Waals surface area contributed by atoms with Gasteiger partial charge in [0.15, 0.2) is 0 Å². The highest BCUT2D eigenvalue weighted by molar-refractivity contribution is 9.10. The summed E-state index contributed by atoms with van der Waals surface area (Å²) >= 11 is 3.52. The van der Waals surface area contributed by atoms with Gasteiger partial charge in [-0.05, 0) is 36.5 Å². The smallest absolute Gasteiger partial charge is 0.140 e. The molecule has 1 heterocycles. The van der Waals surface area contributed by atoms with Gasteiger partial charge in [-0.15, -0.1) is 0 Å². The number of fused-ring (bicyclic) bond motifs is 1. The zero-order valence-electron chi connectivity index (χ0n) is 10.5. The molecule has 3 rings (SSSR count). The zero-order chi connectivity index (χ0) is 12.7. The maximum absolute atomic E-state index is 12.2. The van der Waals surface area contributed by atoms with E-state index in [4.69, 9.17) is 4.74 Å². The van der Waals surface area contributed by atoms with Gasteiger partial charge < -0.3 is 4.74 Å². The van der Waals surface area contributed by atoms with E-state index in [1.165, 1.54) is 18.4 Å². The number of Topliss-reactive ketones (excluding diaryl/α,β-unsaturated/α-hetero) is 1. The van der Waals surface area contributed by atoms with Gasteiger partial charge in [-0.1, -0.05) is 22.9 Å².